The summed E-state index contributed by atoms with van der Waals surface area (Å²) in [4.78, 5) is 43.4. The lowest BCUT2D eigenvalue weighted by molar-refractivity contribution is 0.0172. The molecule has 3 amide bonds. The lowest BCUT2D eigenvalue weighted by Gasteiger charge is -2.40. The van der Waals surface area contributed by atoms with E-state index < -0.39 is 5.60 Å². The van der Waals surface area contributed by atoms with Crippen molar-refractivity contribution < 1.29 is 14.3 Å². The van der Waals surface area contributed by atoms with Gasteiger partial charge in [-0.15, -0.1) is 0 Å². The van der Waals surface area contributed by atoms with E-state index >= 15 is 0 Å². The number of hydrogen-bond acceptors (Lipinski definition) is 8. The molecule has 0 spiro atoms. The van der Waals surface area contributed by atoms with E-state index in [1.807, 2.05) is 32.9 Å². The molecule has 1 atom stereocenters. The normalized spacial score (nSPS) is 22.2. The molecule has 4 aliphatic rings. The fourth-order valence-corrected chi connectivity index (χ4v) is 7.47. The number of ether oxygens (including phenoxy) is 1. The van der Waals surface area contributed by atoms with Gasteiger partial charge in [0, 0.05) is 51.0 Å². The molecule has 1 aromatic heterocycles. The lowest BCUT2D eigenvalue weighted by atomic mass is 9.74. The molecule has 1 N–H and O–H groups in total. The van der Waals surface area contributed by atoms with Crippen molar-refractivity contribution in [3.8, 4) is 6.07 Å². The van der Waals surface area contributed by atoms with Crippen molar-refractivity contribution in [2.24, 2.45) is 0 Å². The summed E-state index contributed by atoms with van der Waals surface area (Å²) in [6.45, 7) is 12.4. The Morgan fingerprint density at radius 2 is 1.63 bits per heavy atom. The molecule has 0 radical (unpaired) electrons. The number of nitrogens with zero attached hydrogens (tertiary/aromatic N) is 7. The van der Waals surface area contributed by atoms with Gasteiger partial charge in [-0.05, 0) is 82.4 Å². The zero-order valence-electron chi connectivity index (χ0n) is 27.8. The number of amides is 3. The average molecular weight is 629 g/mol. The van der Waals surface area contributed by atoms with E-state index in [0.717, 1.165) is 63.8 Å². The minimum atomic E-state index is -0.503. The number of anilines is 3. The maximum Gasteiger partial charge on any atom is 0.410 e. The van der Waals surface area contributed by atoms with Crippen LogP contribution in [0.4, 0.5) is 26.9 Å². The van der Waals surface area contributed by atoms with Crippen LogP contribution in [0.3, 0.4) is 0 Å². The van der Waals surface area contributed by atoms with Crippen LogP contribution in [0.25, 0.3) is 0 Å². The van der Waals surface area contributed by atoms with Crippen LogP contribution < -0.4 is 10.2 Å². The van der Waals surface area contributed by atoms with Gasteiger partial charge in [0.1, 0.15) is 17.5 Å². The highest BCUT2D eigenvalue weighted by Gasteiger charge is 2.40. The van der Waals surface area contributed by atoms with Crippen molar-refractivity contribution in [1.82, 2.24) is 24.7 Å². The second kappa shape index (κ2) is 13.0. The zero-order valence-corrected chi connectivity index (χ0v) is 27.8. The summed E-state index contributed by atoms with van der Waals surface area (Å²) in [6, 6.07) is 11.2. The van der Waals surface area contributed by atoms with Gasteiger partial charge in [-0.3, -0.25) is 0 Å². The number of benzene rings is 1. The smallest absolute Gasteiger partial charge is 0.410 e. The van der Waals surface area contributed by atoms with Gasteiger partial charge in [0.2, 0.25) is 0 Å². The number of aromatic nitrogens is 2. The minimum Gasteiger partial charge on any atom is -0.444 e. The fourth-order valence-electron chi connectivity index (χ4n) is 7.47. The summed E-state index contributed by atoms with van der Waals surface area (Å²) in [5, 5.41) is 13.1. The zero-order chi connectivity index (χ0) is 32.5. The van der Waals surface area contributed by atoms with Gasteiger partial charge in [0.05, 0.1) is 12.2 Å². The Kier molecular flexibility index (Phi) is 8.99. The van der Waals surface area contributed by atoms with Crippen LogP contribution in [0.5, 0.6) is 0 Å². The van der Waals surface area contributed by atoms with Crippen molar-refractivity contribution in [3.05, 3.63) is 41.7 Å². The molecular weight excluding hydrogens is 580 g/mol. The Balaban J connectivity index is 1.09. The number of nitriles is 1. The number of carbonyl (C=O) groups excluding carboxylic acids is 2. The molecular formula is C35H48N8O3. The van der Waals surface area contributed by atoms with Crippen LogP contribution in [0.2, 0.25) is 0 Å². The number of piperidine rings is 2. The Morgan fingerprint density at radius 3 is 2.28 bits per heavy atom. The highest BCUT2D eigenvalue weighted by molar-refractivity contribution is 5.77. The Bertz CT molecular complexity index is 1450. The van der Waals surface area contributed by atoms with Gasteiger partial charge in [0.25, 0.3) is 0 Å². The van der Waals surface area contributed by atoms with Crippen molar-refractivity contribution in [3.63, 3.8) is 0 Å². The van der Waals surface area contributed by atoms with Gasteiger partial charge in [-0.2, -0.15) is 5.26 Å². The first-order chi connectivity index (χ1) is 22.0. The number of urea groups is 1. The third kappa shape index (κ3) is 6.86. The van der Waals surface area contributed by atoms with Crippen LogP contribution in [0.15, 0.2) is 30.5 Å². The molecule has 3 saturated heterocycles. The van der Waals surface area contributed by atoms with E-state index in [4.69, 9.17) is 9.72 Å². The quantitative estimate of drug-likeness (QED) is 0.412. The fraction of sp³-hybridized carbons (Fsp3) is 0.629. The summed E-state index contributed by atoms with van der Waals surface area (Å²) in [7, 11) is 0. The molecule has 46 heavy (non-hydrogen) atoms. The third-order valence-corrected chi connectivity index (χ3v) is 10.2. The van der Waals surface area contributed by atoms with Crippen molar-refractivity contribution >= 4 is 29.4 Å². The number of carbonyl (C=O) groups is 2. The molecule has 4 fully saturated rings. The van der Waals surface area contributed by atoms with Gasteiger partial charge in [0.15, 0.2) is 11.5 Å². The van der Waals surface area contributed by atoms with Crippen LogP contribution >= 0.6 is 0 Å². The predicted octanol–water partition coefficient (Wildman–Crippen LogP) is 6.03. The summed E-state index contributed by atoms with van der Waals surface area (Å²) >= 11 is 0. The summed E-state index contributed by atoms with van der Waals surface area (Å²) in [5.74, 6) is 1.14. The largest absolute Gasteiger partial charge is 0.444 e. The molecule has 1 unspecified atom stereocenters. The summed E-state index contributed by atoms with van der Waals surface area (Å²) in [6.07, 6.45) is 9.79. The maximum atomic E-state index is 13.3. The molecule has 11 nitrogen and oxygen atoms in total. The summed E-state index contributed by atoms with van der Waals surface area (Å²) < 4.78 is 5.57. The first kappa shape index (κ1) is 31.9. The van der Waals surface area contributed by atoms with E-state index in [0.29, 0.717) is 37.3 Å². The highest BCUT2D eigenvalue weighted by Crippen LogP contribution is 2.36. The Morgan fingerprint density at radius 1 is 0.978 bits per heavy atom. The monoisotopic (exact) mass is 628 g/mol. The molecule has 11 heteroatoms. The Hall–Kier alpha value is -4.07. The lowest BCUT2D eigenvalue weighted by Crippen LogP contribution is -2.50. The molecule has 4 heterocycles. The molecule has 1 saturated carbocycles. The molecule has 2 aromatic rings. The van der Waals surface area contributed by atoms with Crippen LogP contribution in [-0.4, -0.2) is 93.7 Å². The van der Waals surface area contributed by atoms with Crippen molar-refractivity contribution in [1.29, 1.82) is 5.26 Å². The number of hydrogen-bond donors (Lipinski definition) is 1. The average Bonchev–Trinajstić information content (AvgIpc) is 3.71. The van der Waals surface area contributed by atoms with E-state index in [1.54, 1.807) is 11.1 Å². The van der Waals surface area contributed by atoms with Gasteiger partial charge < -0.3 is 29.7 Å². The standard InChI is InChI=1S/C35H48N8O3/c1-34(2,3)46-33(45)40-18-15-35(4,16-19-40)25-11-13-26(14-12-25)38-31-29(22-36)37-23-30(39-31)41-17-7-10-28(24-41)43-21-20-42(32(43)44)27-8-5-6-9-27/h11-14,23,27-28H,5-10,15-21,24H2,1-4H3,(H,38,39). The van der Waals surface area contributed by atoms with Crippen LogP contribution in [-0.2, 0) is 10.2 Å². The SMILES string of the molecule is CC(C)(C)OC(=O)N1CCC(C)(c2ccc(Nc3nc(N4CCCC(N5CCN(C6CCCC6)C5=O)C4)cnc3C#N)cc2)CC1. The highest BCUT2D eigenvalue weighted by atomic mass is 16.6. The van der Waals surface area contributed by atoms with Crippen LogP contribution in [0.1, 0.15) is 90.3 Å². The molecule has 1 aliphatic carbocycles. The van der Waals surface area contributed by atoms with E-state index in [9.17, 15) is 14.9 Å². The minimum absolute atomic E-state index is 0.0514. The van der Waals surface area contributed by atoms with E-state index in [2.05, 4.69) is 50.1 Å². The second-order valence-electron chi connectivity index (χ2n) is 14.6. The maximum absolute atomic E-state index is 13.3. The van der Waals surface area contributed by atoms with Gasteiger partial charge >= 0.3 is 12.1 Å². The number of nitrogens with one attached hydrogen (secondary N) is 1. The Labute approximate surface area is 272 Å². The number of likely N-dealkylation sites (tertiary alicyclic amines) is 1. The van der Waals surface area contributed by atoms with E-state index in [1.165, 1.54) is 18.4 Å². The van der Waals surface area contributed by atoms with Crippen molar-refractivity contribution in [2.75, 3.05) is 49.5 Å². The number of rotatable bonds is 6. The molecule has 246 valence electrons. The molecule has 6 rings (SSSR count). The van der Waals surface area contributed by atoms with Crippen LogP contribution in [0, 0.1) is 11.3 Å². The molecule has 1 aromatic carbocycles. The first-order valence-electron chi connectivity index (χ1n) is 17.0. The molecule has 3 aliphatic heterocycles. The topological polar surface area (TPSA) is 118 Å². The molecule has 0 bridgehead atoms. The van der Waals surface area contributed by atoms with Crippen molar-refractivity contribution in [2.45, 2.75) is 102 Å². The summed E-state index contributed by atoms with van der Waals surface area (Å²) in [5.41, 5.74) is 1.73. The van der Waals surface area contributed by atoms with E-state index in [-0.39, 0.29) is 29.3 Å². The van der Waals surface area contributed by atoms with Gasteiger partial charge in [-0.1, -0.05) is 31.9 Å². The first-order valence-corrected chi connectivity index (χ1v) is 17.0. The van der Waals surface area contributed by atoms with Gasteiger partial charge in [-0.25, -0.2) is 19.6 Å². The third-order valence-electron chi connectivity index (χ3n) is 10.2. The second-order valence-corrected chi connectivity index (χ2v) is 14.6. The predicted molar refractivity (Wildman–Crippen MR) is 177 cm³/mol.